The molecule has 7 heteroatoms. The molecular weight excluding hydrogens is 318 g/mol. The van der Waals surface area contributed by atoms with Crippen LogP contribution in [0.5, 0.6) is 5.75 Å². The molecule has 1 aliphatic heterocycles. The van der Waals surface area contributed by atoms with Gasteiger partial charge in [-0.15, -0.1) is 0 Å². The number of carbonyl (C=O) groups is 1. The van der Waals surface area contributed by atoms with Crippen molar-refractivity contribution in [2.24, 2.45) is 7.05 Å². The van der Waals surface area contributed by atoms with Crippen molar-refractivity contribution in [2.75, 3.05) is 6.54 Å². The summed E-state index contributed by atoms with van der Waals surface area (Å²) in [4.78, 5) is 22.4. The van der Waals surface area contributed by atoms with Crippen LogP contribution in [0.3, 0.4) is 0 Å². The van der Waals surface area contributed by atoms with Gasteiger partial charge in [0.15, 0.2) is 0 Å². The third-order valence-electron chi connectivity index (χ3n) is 4.64. The zero-order chi connectivity index (χ0) is 17.6. The fourth-order valence-corrected chi connectivity index (χ4v) is 3.46. The summed E-state index contributed by atoms with van der Waals surface area (Å²) in [6, 6.07) is 7.13. The number of phenols is 1. The first-order valence-corrected chi connectivity index (χ1v) is 8.13. The molecule has 1 aliphatic rings. The molecule has 0 aliphatic carbocycles. The lowest BCUT2D eigenvalue weighted by Crippen LogP contribution is -2.38. The Balaban J connectivity index is 1.71. The Hall–Kier alpha value is -3.09. The third kappa shape index (κ3) is 2.67. The van der Waals surface area contributed by atoms with E-state index in [2.05, 4.69) is 15.1 Å². The number of aryl methyl sites for hydroxylation is 2. The van der Waals surface area contributed by atoms with Crippen LogP contribution in [0, 0.1) is 6.92 Å². The zero-order valence-corrected chi connectivity index (χ0v) is 14.1. The molecule has 0 bridgehead atoms. The fourth-order valence-electron chi connectivity index (χ4n) is 3.46. The molecule has 2 aromatic heterocycles. The number of imidazole rings is 1. The van der Waals surface area contributed by atoms with Gasteiger partial charge in [-0.05, 0) is 24.6 Å². The van der Waals surface area contributed by atoms with Crippen molar-refractivity contribution in [1.82, 2.24) is 24.6 Å². The van der Waals surface area contributed by atoms with E-state index in [1.165, 1.54) is 0 Å². The summed E-state index contributed by atoms with van der Waals surface area (Å²) in [5, 5.41) is 14.1. The van der Waals surface area contributed by atoms with Gasteiger partial charge in [-0.1, -0.05) is 12.1 Å². The predicted octanol–water partition coefficient (Wildman–Crippen LogP) is 1.95. The first-order chi connectivity index (χ1) is 12.0. The Morgan fingerprint density at radius 1 is 1.40 bits per heavy atom. The maximum Gasteiger partial charge on any atom is 0.257 e. The van der Waals surface area contributed by atoms with Crippen LogP contribution in [-0.4, -0.2) is 42.2 Å². The van der Waals surface area contributed by atoms with E-state index in [1.54, 1.807) is 34.2 Å². The highest BCUT2D eigenvalue weighted by atomic mass is 16.3. The van der Waals surface area contributed by atoms with Crippen LogP contribution in [0.15, 0.2) is 36.8 Å². The van der Waals surface area contributed by atoms with E-state index in [4.69, 9.17) is 0 Å². The van der Waals surface area contributed by atoms with Crippen LogP contribution in [0.1, 0.15) is 38.9 Å². The van der Waals surface area contributed by atoms with Crippen LogP contribution in [-0.2, 0) is 13.6 Å². The van der Waals surface area contributed by atoms with Crippen molar-refractivity contribution < 1.29 is 9.90 Å². The Morgan fingerprint density at radius 2 is 2.24 bits per heavy atom. The van der Waals surface area contributed by atoms with E-state index < -0.39 is 0 Å². The molecule has 0 saturated carbocycles. The number of nitrogens with zero attached hydrogens (tertiary/aromatic N) is 4. The van der Waals surface area contributed by atoms with Gasteiger partial charge in [0.05, 0.1) is 35.5 Å². The molecule has 3 aromatic rings. The van der Waals surface area contributed by atoms with Gasteiger partial charge >= 0.3 is 0 Å². The number of carbonyl (C=O) groups excluding carboxylic acids is 1. The van der Waals surface area contributed by atoms with Crippen LogP contribution >= 0.6 is 0 Å². The van der Waals surface area contributed by atoms with Crippen molar-refractivity contribution in [2.45, 2.75) is 19.4 Å². The molecule has 1 atom stereocenters. The number of aromatic amines is 1. The number of amides is 1. The van der Waals surface area contributed by atoms with E-state index in [0.717, 1.165) is 22.6 Å². The van der Waals surface area contributed by atoms with Gasteiger partial charge in [0.2, 0.25) is 0 Å². The Kier molecular flexibility index (Phi) is 3.56. The maximum absolute atomic E-state index is 13.0. The topological polar surface area (TPSA) is 87.0 Å². The number of benzene rings is 1. The van der Waals surface area contributed by atoms with Crippen LogP contribution in [0.25, 0.3) is 0 Å². The van der Waals surface area contributed by atoms with Gasteiger partial charge in [0, 0.05) is 25.7 Å². The Labute approximate surface area is 144 Å². The van der Waals surface area contributed by atoms with Crippen molar-refractivity contribution in [3.05, 3.63) is 65.0 Å². The molecule has 7 nitrogen and oxygen atoms in total. The second-order valence-electron chi connectivity index (χ2n) is 6.40. The summed E-state index contributed by atoms with van der Waals surface area (Å²) in [5.74, 6) is 0.0835. The van der Waals surface area contributed by atoms with Crippen LogP contribution in [0.4, 0.5) is 0 Å². The number of aromatic nitrogens is 4. The summed E-state index contributed by atoms with van der Waals surface area (Å²) in [5.41, 5.74) is 4.12. The fraction of sp³-hybridized carbons (Fsp3) is 0.278. The molecule has 1 aromatic carbocycles. The molecule has 2 N–H and O–H groups in total. The minimum absolute atomic E-state index is 0.0454. The Bertz CT molecular complexity index is 943. The van der Waals surface area contributed by atoms with Gasteiger partial charge in [-0.2, -0.15) is 5.10 Å². The number of hydrogen-bond donors (Lipinski definition) is 2. The zero-order valence-electron chi connectivity index (χ0n) is 14.1. The smallest absolute Gasteiger partial charge is 0.257 e. The van der Waals surface area contributed by atoms with Crippen molar-refractivity contribution >= 4 is 5.91 Å². The summed E-state index contributed by atoms with van der Waals surface area (Å²) < 4.78 is 1.65. The van der Waals surface area contributed by atoms with Crippen molar-refractivity contribution in [1.29, 1.82) is 0 Å². The first kappa shape index (κ1) is 15.4. The van der Waals surface area contributed by atoms with Gasteiger partial charge in [0.1, 0.15) is 5.75 Å². The SMILES string of the molecule is Cc1nn(C)cc1C(=O)N1Cc2[nH]cnc2C(c2cccc(O)c2)C1. The summed E-state index contributed by atoms with van der Waals surface area (Å²) in [7, 11) is 1.81. The molecule has 0 fully saturated rings. The summed E-state index contributed by atoms with van der Waals surface area (Å²) in [6.45, 7) is 2.83. The normalized spacial score (nSPS) is 16.7. The van der Waals surface area contributed by atoms with E-state index in [-0.39, 0.29) is 17.6 Å². The lowest BCUT2D eigenvalue weighted by Gasteiger charge is -2.32. The van der Waals surface area contributed by atoms with Crippen LogP contribution in [0.2, 0.25) is 0 Å². The average molecular weight is 337 g/mol. The molecule has 4 rings (SSSR count). The van der Waals surface area contributed by atoms with Gasteiger partial charge < -0.3 is 15.0 Å². The highest BCUT2D eigenvalue weighted by Gasteiger charge is 2.32. The number of rotatable bonds is 2. The van der Waals surface area contributed by atoms with Gasteiger partial charge in [-0.25, -0.2) is 4.98 Å². The maximum atomic E-state index is 13.0. The minimum Gasteiger partial charge on any atom is -0.508 e. The second kappa shape index (κ2) is 5.77. The lowest BCUT2D eigenvalue weighted by molar-refractivity contribution is 0.0721. The number of phenolic OH excluding ortho intramolecular Hbond substituents is 1. The predicted molar refractivity (Wildman–Crippen MR) is 91.2 cm³/mol. The van der Waals surface area contributed by atoms with E-state index in [0.29, 0.717) is 18.7 Å². The molecule has 1 amide bonds. The van der Waals surface area contributed by atoms with Crippen LogP contribution < -0.4 is 0 Å². The Morgan fingerprint density at radius 3 is 2.96 bits per heavy atom. The van der Waals surface area contributed by atoms with E-state index >= 15 is 0 Å². The highest BCUT2D eigenvalue weighted by Crippen LogP contribution is 2.33. The summed E-state index contributed by atoms with van der Waals surface area (Å²) in [6.07, 6.45) is 3.41. The third-order valence-corrected chi connectivity index (χ3v) is 4.64. The number of hydrogen-bond acceptors (Lipinski definition) is 4. The van der Waals surface area contributed by atoms with Gasteiger partial charge in [0.25, 0.3) is 5.91 Å². The molecular formula is C18H19N5O2. The molecule has 0 radical (unpaired) electrons. The first-order valence-electron chi connectivity index (χ1n) is 8.13. The number of aromatic hydroxyl groups is 1. The largest absolute Gasteiger partial charge is 0.508 e. The monoisotopic (exact) mass is 337 g/mol. The second-order valence-corrected chi connectivity index (χ2v) is 6.40. The summed E-state index contributed by atoms with van der Waals surface area (Å²) >= 11 is 0. The highest BCUT2D eigenvalue weighted by molar-refractivity contribution is 5.95. The number of H-pyrrole nitrogens is 1. The quantitative estimate of drug-likeness (QED) is 0.748. The van der Waals surface area contributed by atoms with Gasteiger partial charge in [-0.3, -0.25) is 9.48 Å². The standard InChI is InChI=1S/C18H19N5O2/c1-11-14(7-22(2)21-11)18(25)23-8-15(12-4-3-5-13(24)6-12)17-16(9-23)19-10-20-17/h3-7,10,15,24H,8-9H2,1-2H3,(H,19,20). The minimum atomic E-state index is -0.0805. The van der Waals surface area contributed by atoms with Crippen molar-refractivity contribution in [3.63, 3.8) is 0 Å². The molecule has 0 spiro atoms. The molecule has 1 unspecified atom stereocenters. The lowest BCUT2D eigenvalue weighted by atomic mass is 9.90. The average Bonchev–Trinajstić information content (AvgIpc) is 3.19. The number of nitrogens with one attached hydrogen (secondary N) is 1. The molecule has 128 valence electrons. The van der Waals surface area contributed by atoms with E-state index in [1.807, 2.05) is 26.1 Å². The molecule has 25 heavy (non-hydrogen) atoms. The molecule has 3 heterocycles. The number of fused-ring (bicyclic) bond motifs is 1. The molecule has 0 saturated heterocycles. The van der Waals surface area contributed by atoms with E-state index in [9.17, 15) is 9.90 Å². The van der Waals surface area contributed by atoms with Crippen molar-refractivity contribution in [3.8, 4) is 5.75 Å².